The summed E-state index contributed by atoms with van der Waals surface area (Å²) in [5.41, 5.74) is 0.159. The standard InChI is InChI=1S/C14H16BrFN2O3/c1-8-3-4-9(16)10(15)11(8)17-13(21)18-6-5-14(2,7-18)12(19)20/h3-4H,5-7H2,1-2H3,(H,17,21)(H,19,20). The Balaban J connectivity index is 2.14. The topological polar surface area (TPSA) is 69.6 Å². The third-order valence-corrected chi connectivity index (χ3v) is 4.59. The Kier molecular flexibility index (Phi) is 4.22. The third-order valence-electron chi connectivity index (χ3n) is 3.81. The number of carbonyl (C=O) groups is 2. The van der Waals surface area contributed by atoms with Gasteiger partial charge in [0.25, 0.3) is 0 Å². The lowest BCUT2D eigenvalue weighted by Gasteiger charge is -2.21. The molecular weight excluding hydrogens is 343 g/mol. The Morgan fingerprint density at radius 3 is 2.71 bits per heavy atom. The van der Waals surface area contributed by atoms with E-state index in [2.05, 4.69) is 21.2 Å². The number of likely N-dealkylation sites (tertiary alicyclic amines) is 1. The maximum Gasteiger partial charge on any atom is 0.321 e. The minimum absolute atomic E-state index is 0.139. The van der Waals surface area contributed by atoms with Gasteiger partial charge in [0.1, 0.15) is 5.82 Å². The summed E-state index contributed by atoms with van der Waals surface area (Å²) in [5.74, 6) is -1.38. The van der Waals surface area contributed by atoms with E-state index in [0.29, 0.717) is 18.7 Å². The molecule has 21 heavy (non-hydrogen) atoms. The molecule has 5 nitrogen and oxygen atoms in total. The average Bonchev–Trinajstić information content (AvgIpc) is 2.83. The molecule has 1 heterocycles. The van der Waals surface area contributed by atoms with E-state index in [9.17, 15) is 19.1 Å². The summed E-state index contributed by atoms with van der Waals surface area (Å²) in [6.45, 7) is 3.87. The van der Waals surface area contributed by atoms with E-state index in [4.69, 9.17) is 0 Å². The molecule has 0 bridgehead atoms. The number of amides is 2. The fraction of sp³-hybridized carbons (Fsp3) is 0.429. The molecule has 0 aliphatic carbocycles. The zero-order valence-corrected chi connectivity index (χ0v) is 13.3. The number of hydrogen-bond donors (Lipinski definition) is 2. The van der Waals surface area contributed by atoms with Crippen LogP contribution < -0.4 is 5.32 Å². The summed E-state index contributed by atoms with van der Waals surface area (Å²) in [5, 5.41) is 11.8. The molecule has 2 N–H and O–H groups in total. The molecule has 1 unspecified atom stereocenters. The van der Waals surface area contributed by atoms with E-state index in [1.165, 1.54) is 11.0 Å². The van der Waals surface area contributed by atoms with Gasteiger partial charge in [-0.15, -0.1) is 0 Å². The van der Waals surface area contributed by atoms with Crippen LogP contribution in [0, 0.1) is 18.2 Å². The second-order valence-electron chi connectivity index (χ2n) is 5.52. The highest BCUT2D eigenvalue weighted by molar-refractivity contribution is 9.10. The van der Waals surface area contributed by atoms with Crippen molar-refractivity contribution in [2.75, 3.05) is 18.4 Å². The zero-order valence-electron chi connectivity index (χ0n) is 11.7. The number of nitrogens with zero attached hydrogens (tertiary/aromatic N) is 1. The number of halogens is 2. The van der Waals surface area contributed by atoms with Gasteiger partial charge < -0.3 is 15.3 Å². The summed E-state index contributed by atoms with van der Waals surface area (Å²) in [7, 11) is 0. The fourth-order valence-corrected chi connectivity index (χ4v) is 2.84. The molecule has 0 saturated carbocycles. The van der Waals surface area contributed by atoms with Gasteiger partial charge in [0.05, 0.1) is 15.6 Å². The zero-order chi connectivity index (χ0) is 15.8. The predicted octanol–water partition coefficient (Wildman–Crippen LogP) is 3.23. The molecule has 1 aromatic carbocycles. The first kappa shape index (κ1) is 15.8. The lowest BCUT2D eigenvalue weighted by atomic mass is 9.90. The predicted molar refractivity (Wildman–Crippen MR) is 79.8 cm³/mol. The van der Waals surface area contributed by atoms with E-state index in [1.807, 2.05) is 0 Å². The van der Waals surface area contributed by atoms with Crippen LogP contribution in [0.1, 0.15) is 18.9 Å². The molecule has 1 aliphatic rings. The summed E-state index contributed by atoms with van der Waals surface area (Å²) in [6.07, 6.45) is 0.402. The molecule has 1 atom stereocenters. The number of benzene rings is 1. The lowest BCUT2D eigenvalue weighted by Crippen LogP contribution is -2.37. The van der Waals surface area contributed by atoms with Gasteiger partial charge in [-0.25, -0.2) is 9.18 Å². The van der Waals surface area contributed by atoms with Crippen molar-refractivity contribution in [1.29, 1.82) is 0 Å². The van der Waals surface area contributed by atoms with Crippen molar-refractivity contribution in [3.8, 4) is 0 Å². The van der Waals surface area contributed by atoms with Gasteiger partial charge in [0.2, 0.25) is 0 Å². The number of rotatable bonds is 2. The van der Waals surface area contributed by atoms with E-state index < -0.39 is 23.2 Å². The maximum absolute atomic E-state index is 13.5. The first-order valence-electron chi connectivity index (χ1n) is 6.48. The second kappa shape index (κ2) is 5.63. The molecule has 2 rings (SSSR count). The number of aliphatic carboxylic acids is 1. The third kappa shape index (κ3) is 3.02. The summed E-state index contributed by atoms with van der Waals surface area (Å²) >= 11 is 3.11. The summed E-state index contributed by atoms with van der Waals surface area (Å²) in [6, 6.07) is 2.46. The van der Waals surface area contributed by atoms with Crippen LogP contribution in [-0.4, -0.2) is 35.1 Å². The van der Waals surface area contributed by atoms with Crippen molar-refractivity contribution in [1.82, 2.24) is 4.90 Å². The summed E-state index contributed by atoms with van der Waals surface area (Å²) in [4.78, 5) is 24.8. The van der Waals surface area contributed by atoms with Crippen LogP contribution in [0.15, 0.2) is 16.6 Å². The Morgan fingerprint density at radius 2 is 2.14 bits per heavy atom. The van der Waals surface area contributed by atoms with E-state index in [1.54, 1.807) is 19.9 Å². The Morgan fingerprint density at radius 1 is 1.48 bits per heavy atom. The molecule has 114 valence electrons. The van der Waals surface area contributed by atoms with Crippen molar-refractivity contribution in [2.24, 2.45) is 5.41 Å². The van der Waals surface area contributed by atoms with Crippen LogP contribution in [-0.2, 0) is 4.79 Å². The lowest BCUT2D eigenvalue weighted by molar-refractivity contribution is -0.146. The molecule has 7 heteroatoms. The van der Waals surface area contributed by atoms with Gasteiger partial charge in [-0.3, -0.25) is 4.79 Å². The number of urea groups is 1. The molecule has 1 fully saturated rings. The van der Waals surface area contributed by atoms with Crippen LogP contribution in [0.2, 0.25) is 0 Å². The molecule has 0 aromatic heterocycles. The molecule has 1 aromatic rings. The van der Waals surface area contributed by atoms with Crippen LogP contribution in [0.25, 0.3) is 0 Å². The fourth-order valence-electron chi connectivity index (χ4n) is 2.30. The van der Waals surface area contributed by atoms with Crippen molar-refractivity contribution >= 4 is 33.6 Å². The van der Waals surface area contributed by atoms with Crippen molar-refractivity contribution in [3.05, 3.63) is 28.0 Å². The highest BCUT2D eigenvalue weighted by atomic mass is 79.9. The highest BCUT2D eigenvalue weighted by Gasteiger charge is 2.42. The van der Waals surface area contributed by atoms with Crippen LogP contribution in [0.3, 0.4) is 0 Å². The molecular formula is C14H16BrFN2O3. The van der Waals surface area contributed by atoms with Gasteiger partial charge in [0, 0.05) is 13.1 Å². The Bertz CT molecular complexity index is 608. The number of carboxylic acid groups (broad SMARTS) is 1. The molecule has 1 aliphatic heterocycles. The van der Waals surface area contributed by atoms with E-state index >= 15 is 0 Å². The van der Waals surface area contributed by atoms with Crippen molar-refractivity contribution < 1.29 is 19.1 Å². The molecule has 0 radical (unpaired) electrons. The second-order valence-corrected chi connectivity index (χ2v) is 6.31. The van der Waals surface area contributed by atoms with Crippen LogP contribution in [0.4, 0.5) is 14.9 Å². The minimum Gasteiger partial charge on any atom is -0.481 e. The monoisotopic (exact) mass is 358 g/mol. The molecule has 1 saturated heterocycles. The average molecular weight is 359 g/mol. The molecule has 0 spiro atoms. The van der Waals surface area contributed by atoms with Gasteiger partial charge in [-0.05, 0) is 47.8 Å². The normalized spacial score (nSPS) is 21.4. The molecule has 2 amide bonds. The van der Waals surface area contributed by atoms with Gasteiger partial charge >= 0.3 is 12.0 Å². The van der Waals surface area contributed by atoms with Crippen molar-refractivity contribution in [2.45, 2.75) is 20.3 Å². The SMILES string of the molecule is Cc1ccc(F)c(Br)c1NC(=O)N1CCC(C)(C(=O)O)C1. The number of nitrogens with one attached hydrogen (secondary N) is 1. The van der Waals surface area contributed by atoms with Gasteiger partial charge in [-0.1, -0.05) is 6.07 Å². The smallest absolute Gasteiger partial charge is 0.321 e. The number of hydrogen-bond acceptors (Lipinski definition) is 2. The first-order chi connectivity index (χ1) is 9.74. The number of carbonyl (C=O) groups excluding carboxylic acids is 1. The van der Waals surface area contributed by atoms with Gasteiger partial charge in [0.15, 0.2) is 0 Å². The van der Waals surface area contributed by atoms with E-state index in [-0.39, 0.29) is 11.0 Å². The highest BCUT2D eigenvalue weighted by Crippen LogP contribution is 2.32. The first-order valence-corrected chi connectivity index (χ1v) is 7.28. The maximum atomic E-state index is 13.5. The van der Waals surface area contributed by atoms with Crippen LogP contribution >= 0.6 is 15.9 Å². The quantitative estimate of drug-likeness (QED) is 0.852. The van der Waals surface area contributed by atoms with Crippen LogP contribution in [0.5, 0.6) is 0 Å². The Labute approximate surface area is 130 Å². The van der Waals surface area contributed by atoms with E-state index in [0.717, 1.165) is 5.56 Å². The largest absolute Gasteiger partial charge is 0.481 e. The Hall–Kier alpha value is -1.63. The number of anilines is 1. The number of carboxylic acids is 1. The minimum atomic E-state index is -0.925. The number of aryl methyl sites for hydroxylation is 1. The van der Waals surface area contributed by atoms with Crippen molar-refractivity contribution in [3.63, 3.8) is 0 Å². The summed E-state index contributed by atoms with van der Waals surface area (Å²) < 4.78 is 13.7. The van der Waals surface area contributed by atoms with Gasteiger partial charge in [-0.2, -0.15) is 0 Å².